The van der Waals surface area contributed by atoms with Crippen LogP contribution in [-0.2, 0) is 0 Å². The molecule has 0 unspecified atom stereocenters. The molecule has 2 saturated heterocycles. The van der Waals surface area contributed by atoms with Crippen molar-refractivity contribution in [1.82, 2.24) is 15.1 Å². The van der Waals surface area contributed by atoms with Crippen LogP contribution in [0.5, 0.6) is 0 Å². The van der Waals surface area contributed by atoms with Gasteiger partial charge in [0, 0.05) is 49.8 Å². The number of nitrogens with zero attached hydrogens (tertiary/aromatic N) is 2. The summed E-state index contributed by atoms with van der Waals surface area (Å²) in [6.45, 7) is 5.67. The molecule has 0 saturated carbocycles. The number of halogens is 2. The predicted molar refractivity (Wildman–Crippen MR) is 78.2 cm³/mol. The van der Waals surface area contributed by atoms with Gasteiger partial charge in [-0.1, -0.05) is 0 Å². The molecule has 0 spiro atoms. The molecule has 0 atom stereocenters. The van der Waals surface area contributed by atoms with Crippen molar-refractivity contribution in [3.8, 4) is 0 Å². The lowest BCUT2D eigenvalue weighted by molar-refractivity contribution is 0.0226. The fourth-order valence-corrected chi connectivity index (χ4v) is 3.25. The minimum absolute atomic E-state index is 0.0248. The van der Waals surface area contributed by atoms with Gasteiger partial charge in [0.15, 0.2) is 0 Å². The molecule has 2 heterocycles. The summed E-state index contributed by atoms with van der Waals surface area (Å²) in [6.07, 6.45) is 0. The summed E-state index contributed by atoms with van der Waals surface area (Å²) >= 11 is 3.25. The second kappa shape index (κ2) is 5.79. The highest BCUT2D eigenvalue weighted by molar-refractivity contribution is 9.10. The van der Waals surface area contributed by atoms with Crippen molar-refractivity contribution < 1.29 is 9.18 Å². The van der Waals surface area contributed by atoms with Crippen molar-refractivity contribution in [3.63, 3.8) is 0 Å². The number of benzene rings is 1. The molecule has 2 aliphatic rings. The molecule has 0 bridgehead atoms. The van der Waals surface area contributed by atoms with Gasteiger partial charge < -0.3 is 10.2 Å². The molecule has 4 nitrogen and oxygen atoms in total. The molecule has 2 aliphatic heterocycles. The Balaban J connectivity index is 1.60. The number of rotatable bonds is 2. The van der Waals surface area contributed by atoms with E-state index in [0.717, 1.165) is 39.3 Å². The molecule has 1 amide bonds. The topological polar surface area (TPSA) is 35.6 Å². The van der Waals surface area contributed by atoms with Crippen molar-refractivity contribution in [2.75, 3.05) is 39.3 Å². The number of carbonyl (C=O) groups excluding carboxylic acids is 1. The standard InChI is InChI=1S/C14H17BrFN3O/c15-13-7-10(16)1-2-12(13)14(20)19-8-11(9-19)18-5-3-17-4-6-18/h1-2,7,11,17H,3-6,8-9H2. The fraction of sp³-hybridized carbons (Fsp3) is 0.500. The van der Waals surface area contributed by atoms with Crippen LogP contribution in [0.25, 0.3) is 0 Å². The summed E-state index contributed by atoms with van der Waals surface area (Å²) in [5.41, 5.74) is 0.533. The lowest BCUT2D eigenvalue weighted by atomic mass is 10.0. The third-order valence-electron chi connectivity index (χ3n) is 3.98. The van der Waals surface area contributed by atoms with Crippen LogP contribution in [-0.4, -0.2) is 61.0 Å². The first-order chi connectivity index (χ1) is 9.65. The predicted octanol–water partition coefficient (Wildman–Crippen LogP) is 1.32. The first kappa shape index (κ1) is 14.0. The first-order valence-electron chi connectivity index (χ1n) is 6.84. The van der Waals surface area contributed by atoms with E-state index < -0.39 is 0 Å². The Hall–Kier alpha value is -0.980. The zero-order valence-electron chi connectivity index (χ0n) is 11.1. The van der Waals surface area contributed by atoms with Crippen LogP contribution in [0.15, 0.2) is 22.7 Å². The van der Waals surface area contributed by atoms with E-state index in [1.54, 1.807) is 6.07 Å². The van der Waals surface area contributed by atoms with Gasteiger partial charge >= 0.3 is 0 Å². The Morgan fingerprint density at radius 1 is 1.30 bits per heavy atom. The van der Waals surface area contributed by atoms with E-state index in [1.807, 2.05) is 4.90 Å². The third-order valence-corrected chi connectivity index (χ3v) is 4.64. The number of nitrogens with one attached hydrogen (secondary N) is 1. The number of hydrogen-bond donors (Lipinski definition) is 1. The summed E-state index contributed by atoms with van der Waals surface area (Å²) in [6, 6.07) is 4.67. The number of piperazine rings is 1. The van der Waals surface area contributed by atoms with Crippen LogP contribution in [0, 0.1) is 5.82 Å². The summed E-state index contributed by atoms with van der Waals surface area (Å²) in [5.74, 6) is -0.362. The van der Waals surface area contributed by atoms with E-state index in [4.69, 9.17) is 0 Å². The summed E-state index contributed by atoms with van der Waals surface area (Å²) < 4.78 is 13.6. The molecular weight excluding hydrogens is 325 g/mol. The van der Waals surface area contributed by atoms with Gasteiger partial charge in [0.05, 0.1) is 5.56 Å². The highest BCUT2D eigenvalue weighted by atomic mass is 79.9. The molecule has 1 aromatic rings. The summed E-state index contributed by atoms with van der Waals surface area (Å²) in [4.78, 5) is 16.6. The molecule has 20 heavy (non-hydrogen) atoms. The van der Waals surface area contributed by atoms with Gasteiger partial charge in [0.1, 0.15) is 5.82 Å². The molecule has 6 heteroatoms. The smallest absolute Gasteiger partial charge is 0.255 e. The van der Waals surface area contributed by atoms with Gasteiger partial charge in [-0.05, 0) is 34.1 Å². The van der Waals surface area contributed by atoms with Crippen molar-refractivity contribution in [2.24, 2.45) is 0 Å². The average molecular weight is 342 g/mol. The zero-order valence-corrected chi connectivity index (χ0v) is 12.7. The summed E-state index contributed by atoms with van der Waals surface area (Å²) in [7, 11) is 0. The number of hydrogen-bond acceptors (Lipinski definition) is 3. The van der Waals surface area contributed by atoms with Crippen LogP contribution in [0.3, 0.4) is 0 Å². The Morgan fingerprint density at radius 3 is 2.65 bits per heavy atom. The fourth-order valence-electron chi connectivity index (χ4n) is 2.73. The van der Waals surface area contributed by atoms with Crippen molar-refractivity contribution in [2.45, 2.75) is 6.04 Å². The van der Waals surface area contributed by atoms with Crippen LogP contribution in [0.4, 0.5) is 4.39 Å². The van der Waals surface area contributed by atoms with Crippen LogP contribution < -0.4 is 5.32 Å². The minimum atomic E-state index is -0.337. The van der Waals surface area contributed by atoms with E-state index in [1.165, 1.54) is 12.1 Å². The number of likely N-dealkylation sites (tertiary alicyclic amines) is 1. The van der Waals surface area contributed by atoms with Crippen molar-refractivity contribution >= 4 is 21.8 Å². The lowest BCUT2D eigenvalue weighted by Gasteiger charge is -2.46. The van der Waals surface area contributed by atoms with E-state index in [-0.39, 0.29) is 11.7 Å². The molecule has 1 aromatic carbocycles. The monoisotopic (exact) mass is 341 g/mol. The Labute approximate surface area is 126 Å². The van der Waals surface area contributed by atoms with Crippen molar-refractivity contribution in [3.05, 3.63) is 34.1 Å². The second-order valence-corrected chi connectivity index (χ2v) is 6.13. The van der Waals surface area contributed by atoms with Gasteiger partial charge in [0.2, 0.25) is 0 Å². The van der Waals surface area contributed by atoms with E-state index in [0.29, 0.717) is 16.1 Å². The highest BCUT2D eigenvalue weighted by Gasteiger charge is 2.35. The lowest BCUT2D eigenvalue weighted by Crippen LogP contribution is -2.63. The van der Waals surface area contributed by atoms with Gasteiger partial charge in [-0.15, -0.1) is 0 Å². The van der Waals surface area contributed by atoms with E-state index in [9.17, 15) is 9.18 Å². The molecule has 108 valence electrons. The summed E-state index contributed by atoms with van der Waals surface area (Å²) in [5, 5.41) is 3.33. The SMILES string of the molecule is O=C(c1ccc(F)cc1Br)N1CC(N2CCNCC2)C1. The Bertz CT molecular complexity index is 513. The van der Waals surface area contributed by atoms with Crippen LogP contribution in [0.1, 0.15) is 10.4 Å². The molecule has 0 aromatic heterocycles. The van der Waals surface area contributed by atoms with E-state index >= 15 is 0 Å². The first-order valence-corrected chi connectivity index (χ1v) is 7.63. The molecule has 3 rings (SSSR count). The molecule has 0 aliphatic carbocycles. The minimum Gasteiger partial charge on any atom is -0.335 e. The molecule has 1 N–H and O–H groups in total. The normalized spacial score (nSPS) is 20.8. The number of carbonyl (C=O) groups is 1. The van der Waals surface area contributed by atoms with Gasteiger partial charge in [-0.2, -0.15) is 0 Å². The quantitative estimate of drug-likeness (QED) is 0.881. The number of amides is 1. The Kier molecular flexibility index (Phi) is 4.05. The maximum Gasteiger partial charge on any atom is 0.255 e. The van der Waals surface area contributed by atoms with Gasteiger partial charge in [-0.3, -0.25) is 9.69 Å². The van der Waals surface area contributed by atoms with Gasteiger partial charge in [-0.25, -0.2) is 4.39 Å². The molecule has 2 fully saturated rings. The molecule has 0 radical (unpaired) electrons. The average Bonchev–Trinajstić information content (AvgIpc) is 2.38. The van der Waals surface area contributed by atoms with Crippen LogP contribution >= 0.6 is 15.9 Å². The highest BCUT2D eigenvalue weighted by Crippen LogP contribution is 2.23. The maximum absolute atomic E-state index is 13.0. The van der Waals surface area contributed by atoms with Crippen molar-refractivity contribution in [1.29, 1.82) is 0 Å². The van der Waals surface area contributed by atoms with Crippen LogP contribution in [0.2, 0.25) is 0 Å². The molecular formula is C14H17BrFN3O. The Morgan fingerprint density at radius 2 is 2.00 bits per heavy atom. The second-order valence-electron chi connectivity index (χ2n) is 5.27. The van der Waals surface area contributed by atoms with E-state index in [2.05, 4.69) is 26.1 Å². The zero-order chi connectivity index (χ0) is 14.1. The largest absolute Gasteiger partial charge is 0.335 e. The van der Waals surface area contributed by atoms with Gasteiger partial charge in [0.25, 0.3) is 5.91 Å². The third kappa shape index (κ3) is 2.73. The maximum atomic E-state index is 13.0.